The normalized spacial score (nSPS) is 11.2. The molecule has 5 rings (SSSR count). The molecule has 0 bridgehead atoms. The summed E-state index contributed by atoms with van der Waals surface area (Å²) in [5.41, 5.74) is 3.07. The summed E-state index contributed by atoms with van der Waals surface area (Å²) in [6.45, 7) is 0. The van der Waals surface area contributed by atoms with Gasteiger partial charge in [-0.15, -0.1) is 11.3 Å². The first kappa shape index (κ1) is 18.3. The van der Waals surface area contributed by atoms with E-state index in [1.54, 1.807) is 23.1 Å². The van der Waals surface area contributed by atoms with Gasteiger partial charge in [-0.2, -0.15) is 5.10 Å². The maximum absolute atomic E-state index is 5.81. The zero-order chi connectivity index (χ0) is 19.6. The first-order valence-electron chi connectivity index (χ1n) is 9.09. The van der Waals surface area contributed by atoms with Crippen molar-refractivity contribution in [3.8, 4) is 17.1 Å². The Hall–Kier alpha value is -2.74. The maximum atomic E-state index is 5.81. The van der Waals surface area contributed by atoms with E-state index in [1.165, 1.54) is 4.70 Å². The molecular formula is C22H16N4S3. The van der Waals surface area contributed by atoms with Crippen molar-refractivity contribution >= 4 is 45.5 Å². The maximum Gasteiger partial charge on any atom is 0.203 e. The number of benzene rings is 3. The highest BCUT2D eigenvalue weighted by Crippen LogP contribution is 2.31. The Morgan fingerprint density at radius 2 is 1.55 bits per heavy atom. The lowest BCUT2D eigenvalue weighted by molar-refractivity contribution is 0.734. The van der Waals surface area contributed by atoms with Crippen LogP contribution in [0.15, 0.2) is 89.3 Å². The summed E-state index contributed by atoms with van der Waals surface area (Å²) in [5, 5.41) is 4.86. The molecule has 0 atom stereocenters. The third kappa shape index (κ3) is 3.64. The standard InChI is InChI=1S/C22H16N4S3/c27-22-25(15-28-21-23-18-13-7-8-14-19(18)29-21)24-20(16-9-3-1-4-10-16)26(22)17-11-5-2-6-12-17/h1-14H,15H2. The highest BCUT2D eigenvalue weighted by Gasteiger charge is 2.15. The summed E-state index contributed by atoms with van der Waals surface area (Å²) >= 11 is 9.16. The van der Waals surface area contributed by atoms with Crippen molar-refractivity contribution in [2.24, 2.45) is 0 Å². The summed E-state index contributed by atoms with van der Waals surface area (Å²) < 4.78 is 6.79. The molecule has 142 valence electrons. The smallest absolute Gasteiger partial charge is 0.203 e. The Morgan fingerprint density at radius 1 is 0.862 bits per heavy atom. The third-order valence-corrected chi connectivity index (χ3v) is 7.01. The SMILES string of the molecule is S=c1n(CSc2nc3ccccc3s2)nc(-c2ccccc2)n1-c1ccccc1. The molecule has 0 N–H and O–H groups in total. The van der Waals surface area contributed by atoms with Crippen molar-refractivity contribution in [1.29, 1.82) is 0 Å². The van der Waals surface area contributed by atoms with Gasteiger partial charge in [0.05, 0.1) is 16.1 Å². The van der Waals surface area contributed by atoms with Gasteiger partial charge < -0.3 is 0 Å². The number of thiazole rings is 1. The van der Waals surface area contributed by atoms with E-state index in [2.05, 4.69) is 30.3 Å². The first-order chi connectivity index (χ1) is 14.3. The molecule has 5 aromatic rings. The third-order valence-electron chi connectivity index (χ3n) is 4.47. The monoisotopic (exact) mass is 432 g/mol. The van der Waals surface area contributed by atoms with Gasteiger partial charge >= 0.3 is 0 Å². The van der Waals surface area contributed by atoms with Crippen molar-refractivity contribution in [3.05, 3.63) is 89.7 Å². The van der Waals surface area contributed by atoms with Crippen molar-refractivity contribution in [2.45, 2.75) is 10.2 Å². The lowest BCUT2D eigenvalue weighted by atomic mass is 10.2. The average Bonchev–Trinajstić information content (AvgIpc) is 3.34. The van der Waals surface area contributed by atoms with Crippen molar-refractivity contribution in [2.75, 3.05) is 0 Å². The fourth-order valence-corrected chi connectivity index (χ4v) is 5.42. The van der Waals surface area contributed by atoms with E-state index in [1.807, 2.05) is 63.8 Å². The van der Waals surface area contributed by atoms with Crippen LogP contribution in [0.2, 0.25) is 0 Å². The van der Waals surface area contributed by atoms with Crippen LogP contribution in [0.4, 0.5) is 0 Å². The molecule has 3 aromatic carbocycles. The highest BCUT2D eigenvalue weighted by molar-refractivity contribution is 8.00. The summed E-state index contributed by atoms with van der Waals surface area (Å²) in [7, 11) is 0. The fourth-order valence-electron chi connectivity index (χ4n) is 3.10. The van der Waals surface area contributed by atoms with Gasteiger partial charge in [0.2, 0.25) is 4.77 Å². The second kappa shape index (κ2) is 7.94. The Labute approximate surface area is 181 Å². The molecule has 29 heavy (non-hydrogen) atoms. The summed E-state index contributed by atoms with van der Waals surface area (Å²) in [5.74, 6) is 1.45. The zero-order valence-electron chi connectivity index (χ0n) is 15.3. The number of nitrogens with zero attached hydrogens (tertiary/aromatic N) is 4. The number of rotatable bonds is 5. The fraction of sp³-hybridized carbons (Fsp3) is 0.0455. The van der Waals surface area contributed by atoms with Gasteiger partial charge in [0.25, 0.3) is 0 Å². The molecule has 0 radical (unpaired) electrons. The van der Waals surface area contributed by atoms with Gasteiger partial charge in [0, 0.05) is 11.3 Å². The molecule has 7 heteroatoms. The molecule has 2 aromatic heterocycles. The summed E-state index contributed by atoms with van der Waals surface area (Å²) in [6, 6.07) is 28.5. The number of hydrogen-bond donors (Lipinski definition) is 0. The molecule has 0 amide bonds. The molecule has 0 saturated carbocycles. The van der Waals surface area contributed by atoms with Crippen molar-refractivity contribution in [1.82, 2.24) is 19.3 Å². The first-order valence-corrected chi connectivity index (χ1v) is 11.3. The lowest BCUT2D eigenvalue weighted by Gasteiger charge is -2.06. The highest BCUT2D eigenvalue weighted by atomic mass is 32.2. The van der Waals surface area contributed by atoms with Gasteiger partial charge in [0.15, 0.2) is 10.2 Å². The van der Waals surface area contributed by atoms with Gasteiger partial charge in [-0.05, 0) is 36.5 Å². The van der Waals surface area contributed by atoms with Crippen molar-refractivity contribution < 1.29 is 0 Å². The molecule has 0 unspecified atom stereocenters. The molecule has 4 nitrogen and oxygen atoms in total. The zero-order valence-corrected chi connectivity index (χ0v) is 17.8. The van der Waals surface area contributed by atoms with E-state index in [0.717, 1.165) is 26.9 Å². The Kier molecular flexibility index (Phi) is 5.01. The Morgan fingerprint density at radius 3 is 2.31 bits per heavy atom. The van der Waals surface area contributed by atoms with E-state index in [0.29, 0.717) is 10.6 Å². The molecule has 0 aliphatic rings. The van der Waals surface area contributed by atoms with Crippen LogP contribution in [0.25, 0.3) is 27.3 Å². The van der Waals surface area contributed by atoms with Gasteiger partial charge in [-0.25, -0.2) is 9.67 Å². The molecule has 0 aliphatic heterocycles. The number of para-hydroxylation sites is 2. The molecule has 0 fully saturated rings. The van der Waals surface area contributed by atoms with Crippen LogP contribution in [0.5, 0.6) is 0 Å². The van der Waals surface area contributed by atoms with Crippen LogP contribution < -0.4 is 0 Å². The predicted molar refractivity (Wildman–Crippen MR) is 123 cm³/mol. The number of aromatic nitrogens is 4. The number of fused-ring (bicyclic) bond motifs is 1. The Balaban J connectivity index is 1.53. The van der Waals surface area contributed by atoms with E-state index in [9.17, 15) is 0 Å². The van der Waals surface area contributed by atoms with Crippen molar-refractivity contribution in [3.63, 3.8) is 0 Å². The molecule has 0 saturated heterocycles. The van der Waals surface area contributed by atoms with E-state index < -0.39 is 0 Å². The van der Waals surface area contributed by atoms with Crippen LogP contribution in [0, 0.1) is 4.77 Å². The van der Waals surface area contributed by atoms with Crippen LogP contribution >= 0.6 is 35.3 Å². The second-order valence-corrected chi connectivity index (χ2v) is 8.95. The van der Waals surface area contributed by atoms with Crippen LogP contribution in [-0.4, -0.2) is 19.3 Å². The van der Waals surface area contributed by atoms with Crippen LogP contribution in [0.3, 0.4) is 0 Å². The topological polar surface area (TPSA) is 35.6 Å². The lowest BCUT2D eigenvalue weighted by Crippen LogP contribution is -1.99. The van der Waals surface area contributed by atoms with Crippen LogP contribution in [-0.2, 0) is 5.88 Å². The predicted octanol–water partition coefficient (Wildman–Crippen LogP) is 6.43. The van der Waals surface area contributed by atoms with Gasteiger partial charge in [-0.3, -0.25) is 4.57 Å². The minimum absolute atomic E-state index is 0.609. The molecule has 2 heterocycles. The average molecular weight is 433 g/mol. The molecular weight excluding hydrogens is 416 g/mol. The van der Waals surface area contributed by atoms with E-state index in [4.69, 9.17) is 22.3 Å². The van der Waals surface area contributed by atoms with Gasteiger partial charge in [-0.1, -0.05) is 72.4 Å². The Bertz CT molecular complexity index is 1290. The summed E-state index contributed by atoms with van der Waals surface area (Å²) in [4.78, 5) is 4.70. The van der Waals surface area contributed by atoms with E-state index in [-0.39, 0.29) is 0 Å². The minimum Gasteiger partial charge on any atom is -0.268 e. The van der Waals surface area contributed by atoms with Crippen LogP contribution in [0.1, 0.15) is 0 Å². The minimum atomic E-state index is 0.609. The number of thioether (sulfide) groups is 1. The quantitative estimate of drug-likeness (QED) is 0.237. The number of hydrogen-bond acceptors (Lipinski definition) is 5. The molecule has 0 aliphatic carbocycles. The van der Waals surface area contributed by atoms with Gasteiger partial charge in [0.1, 0.15) is 0 Å². The molecule has 0 spiro atoms. The summed E-state index contributed by atoms with van der Waals surface area (Å²) in [6.07, 6.45) is 0. The largest absolute Gasteiger partial charge is 0.268 e. The second-order valence-electron chi connectivity index (χ2n) is 6.36. The van der Waals surface area contributed by atoms with E-state index >= 15 is 0 Å².